The molecule has 0 aliphatic carbocycles. The predicted molar refractivity (Wildman–Crippen MR) is 78.0 cm³/mol. The monoisotopic (exact) mass is 296 g/mol. The highest BCUT2D eigenvalue weighted by Gasteiger charge is 2.24. The van der Waals surface area contributed by atoms with Gasteiger partial charge >= 0.3 is 0 Å². The van der Waals surface area contributed by atoms with Crippen molar-refractivity contribution in [2.75, 3.05) is 12.9 Å². The van der Waals surface area contributed by atoms with Crippen molar-refractivity contribution in [2.24, 2.45) is 7.05 Å². The summed E-state index contributed by atoms with van der Waals surface area (Å²) in [6.45, 7) is 0. The fourth-order valence-electron chi connectivity index (χ4n) is 2.34. The molecule has 4 nitrogen and oxygen atoms in total. The Morgan fingerprint density at radius 2 is 2.37 bits per heavy atom. The second kappa shape index (κ2) is 5.19. The van der Waals surface area contributed by atoms with E-state index in [9.17, 15) is 5.11 Å². The molecule has 3 rings (SSSR count). The van der Waals surface area contributed by atoms with Crippen molar-refractivity contribution < 1.29 is 9.84 Å². The third kappa shape index (κ3) is 2.28. The van der Waals surface area contributed by atoms with Crippen molar-refractivity contribution in [1.29, 1.82) is 0 Å². The number of nitrogens with zero attached hydrogens (tertiary/aromatic N) is 2. The Kier molecular flexibility index (Phi) is 3.56. The van der Waals surface area contributed by atoms with Crippen molar-refractivity contribution in [2.45, 2.75) is 18.3 Å². The van der Waals surface area contributed by atoms with Gasteiger partial charge in [-0.25, -0.2) is 0 Å². The summed E-state index contributed by atoms with van der Waals surface area (Å²) in [5.41, 5.74) is 2.09. The molecule has 1 aliphatic rings. The lowest BCUT2D eigenvalue weighted by Gasteiger charge is -2.11. The molecule has 19 heavy (non-hydrogen) atoms. The van der Waals surface area contributed by atoms with Crippen LogP contribution in [0.15, 0.2) is 12.3 Å². The van der Waals surface area contributed by atoms with Crippen LogP contribution in [0.4, 0.5) is 0 Å². The van der Waals surface area contributed by atoms with Gasteiger partial charge in [-0.05, 0) is 23.8 Å². The lowest BCUT2D eigenvalue weighted by molar-refractivity contribution is 0.208. The summed E-state index contributed by atoms with van der Waals surface area (Å²) >= 11 is 3.66. The zero-order valence-electron chi connectivity index (χ0n) is 10.9. The molecule has 0 saturated heterocycles. The van der Waals surface area contributed by atoms with Gasteiger partial charge in [0.1, 0.15) is 11.8 Å². The van der Waals surface area contributed by atoms with Crippen molar-refractivity contribution in [3.63, 3.8) is 0 Å². The van der Waals surface area contributed by atoms with Gasteiger partial charge < -0.3 is 9.84 Å². The fourth-order valence-corrected chi connectivity index (χ4v) is 4.70. The number of aromatic nitrogens is 2. The maximum atomic E-state index is 10.6. The fraction of sp³-hybridized carbons (Fsp3) is 0.462. The summed E-state index contributed by atoms with van der Waals surface area (Å²) in [6.07, 6.45) is 2.09. The summed E-state index contributed by atoms with van der Waals surface area (Å²) < 4.78 is 6.95. The summed E-state index contributed by atoms with van der Waals surface area (Å²) in [7, 11) is 3.42. The first-order chi connectivity index (χ1) is 9.20. The molecule has 0 radical (unpaired) electrons. The van der Waals surface area contributed by atoms with Crippen molar-refractivity contribution in [3.05, 3.63) is 33.3 Å². The Morgan fingerprint density at radius 1 is 1.53 bits per heavy atom. The topological polar surface area (TPSA) is 47.3 Å². The number of aryl methyl sites for hydroxylation is 2. The molecular weight excluding hydrogens is 280 g/mol. The number of hydrogen-bond acceptors (Lipinski definition) is 5. The lowest BCUT2D eigenvalue weighted by atomic mass is 10.1. The van der Waals surface area contributed by atoms with Crippen molar-refractivity contribution >= 4 is 23.1 Å². The largest absolute Gasteiger partial charge is 0.493 e. The smallest absolute Gasteiger partial charge is 0.163 e. The van der Waals surface area contributed by atoms with Crippen LogP contribution in [-0.4, -0.2) is 27.7 Å². The molecule has 0 bridgehead atoms. The van der Waals surface area contributed by atoms with Gasteiger partial charge in [0.05, 0.1) is 13.3 Å². The quantitative estimate of drug-likeness (QED) is 0.944. The zero-order valence-corrected chi connectivity index (χ0v) is 12.6. The molecule has 1 aliphatic heterocycles. The van der Waals surface area contributed by atoms with Crippen LogP contribution < -0.4 is 4.74 Å². The molecule has 1 unspecified atom stereocenters. The number of aliphatic hydroxyl groups is 1. The molecule has 0 amide bonds. The van der Waals surface area contributed by atoms with E-state index < -0.39 is 6.10 Å². The van der Waals surface area contributed by atoms with E-state index in [2.05, 4.69) is 11.2 Å². The van der Waals surface area contributed by atoms with E-state index in [1.807, 2.05) is 18.8 Å². The van der Waals surface area contributed by atoms with Crippen LogP contribution in [0.5, 0.6) is 5.75 Å². The van der Waals surface area contributed by atoms with E-state index in [1.165, 1.54) is 16.2 Å². The van der Waals surface area contributed by atoms with Crippen molar-refractivity contribution in [3.8, 4) is 5.75 Å². The number of aliphatic hydroxyl groups excluding tert-OH is 1. The average Bonchev–Trinajstić information content (AvgIpc) is 3.01. The Labute approximate surface area is 120 Å². The maximum Gasteiger partial charge on any atom is 0.163 e. The van der Waals surface area contributed by atoms with Crippen molar-refractivity contribution in [1.82, 2.24) is 9.78 Å². The minimum Gasteiger partial charge on any atom is -0.493 e. The van der Waals surface area contributed by atoms with E-state index in [4.69, 9.17) is 4.74 Å². The van der Waals surface area contributed by atoms with Crippen LogP contribution in [0.3, 0.4) is 0 Å². The summed E-state index contributed by atoms with van der Waals surface area (Å²) in [4.78, 5) is 2.39. The minimum absolute atomic E-state index is 0.635. The standard InChI is InChI=1S/C13H16N2O2S2/c1-15-12(9(17-2)6-14-15)13(16)11-5-8-7-18-4-3-10(8)19-11/h5-6,13,16H,3-4,7H2,1-2H3. The molecule has 2 aromatic heterocycles. The number of thioether (sulfide) groups is 1. The Morgan fingerprint density at radius 3 is 3.11 bits per heavy atom. The van der Waals surface area contributed by atoms with Gasteiger partial charge in [0.2, 0.25) is 0 Å². The highest BCUT2D eigenvalue weighted by molar-refractivity contribution is 7.98. The number of fused-ring (bicyclic) bond motifs is 1. The van der Waals surface area contributed by atoms with Gasteiger partial charge in [-0.1, -0.05) is 0 Å². The normalized spacial score (nSPS) is 16.2. The highest BCUT2D eigenvalue weighted by atomic mass is 32.2. The molecule has 6 heteroatoms. The van der Waals surface area contributed by atoms with Gasteiger partial charge in [0.15, 0.2) is 5.75 Å². The maximum absolute atomic E-state index is 10.6. The molecule has 1 atom stereocenters. The second-order valence-corrected chi connectivity index (χ2v) is 6.80. The number of thiophene rings is 1. The number of methoxy groups -OCH3 is 1. The summed E-state index contributed by atoms with van der Waals surface area (Å²) in [5, 5.41) is 14.7. The van der Waals surface area contributed by atoms with Gasteiger partial charge in [0.25, 0.3) is 0 Å². The third-order valence-electron chi connectivity index (χ3n) is 3.34. The van der Waals surface area contributed by atoms with E-state index in [-0.39, 0.29) is 0 Å². The third-order valence-corrected chi connectivity index (χ3v) is 5.64. The summed E-state index contributed by atoms with van der Waals surface area (Å²) in [5.74, 6) is 2.87. The number of rotatable bonds is 3. The molecule has 0 aromatic carbocycles. The van der Waals surface area contributed by atoms with E-state index >= 15 is 0 Å². The molecular formula is C13H16N2O2S2. The average molecular weight is 296 g/mol. The van der Waals surface area contributed by atoms with Crippen LogP contribution >= 0.6 is 23.1 Å². The zero-order chi connectivity index (χ0) is 13.4. The van der Waals surface area contributed by atoms with Crippen LogP contribution in [0.2, 0.25) is 0 Å². The van der Waals surface area contributed by atoms with Crippen LogP contribution in [0, 0.1) is 0 Å². The van der Waals surface area contributed by atoms with Gasteiger partial charge in [-0.3, -0.25) is 4.68 Å². The molecule has 0 saturated carbocycles. The van der Waals surface area contributed by atoms with Crippen LogP contribution in [-0.2, 0) is 19.2 Å². The van der Waals surface area contributed by atoms with Crippen LogP contribution in [0.1, 0.15) is 27.1 Å². The first-order valence-corrected chi connectivity index (χ1v) is 8.11. The Bertz CT molecular complexity index is 568. The first-order valence-electron chi connectivity index (χ1n) is 6.14. The molecule has 1 N–H and O–H groups in total. The summed E-state index contributed by atoms with van der Waals surface area (Å²) in [6, 6.07) is 2.13. The molecule has 0 spiro atoms. The van der Waals surface area contributed by atoms with E-state index in [1.54, 1.807) is 29.3 Å². The molecule has 0 fully saturated rings. The highest BCUT2D eigenvalue weighted by Crippen LogP contribution is 2.38. The molecule has 2 aromatic rings. The van der Waals surface area contributed by atoms with Crippen LogP contribution in [0.25, 0.3) is 0 Å². The number of hydrogen-bond donors (Lipinski definition) is 1. The van der Waals surface area contributed by atoms with Gasteiger partial charge in [-0.15, -0.1) is 11.3 Å². The minimum atomic E-state index is -0.664. The number of ether oxygens (including phenoxy) is 1. The van der Waals surface area contributed by atoms with E-state index in [0.29, 0.717) is 11.4 Å². The van der Waals surface area contributed by atoms with Gasteiger partial charge in [0, 0.05) is 22.6 Å². The predicted octanol–water partition coefficient (Wildman–Crippen LogP) is 2.36. The van der Waals surface area contributed by atoms with E-state index in [0.717, 1.165) is 17.1 Å². The molecule has 102 valence electrons. The SMILES string of the molecule is COc1cnn(C)c1C(O)c1cc2c(s1)CCSC2. The molecule has 3 heterocycles. The van der Waals surface area contributed by atoms with Gasteiger partial charge in [-0.2, -0.15) is 16.9 Å². The second-order valence-electron chi connectivity index (χ2n) is 4.52. The Balaban J connectivity index is 1.97. The first kappa shape index (κ1) is 13.0. The Hall–Kier alpha value is -0.980. The lowest BCUT2D eigenvalue weighted by Crippen LogP contribution is -2.06.